The molecule has 144 valence electrons. The second-order valence-electron chi connectivity index (χ2n) is 6.71. The highest BCUT2D eigenvalue weighted by atomic mass is 32.2. The molecule has 29 heavy (non-hydrogen) atoms. The predicted octanol–water partition coefficient (Wildman–Crippen LogP) is 3.00. The van der Waals surface area contributed by atoms with Crippen LogP contribution >= 0.6 is 0 Å². The van der Waals surface area contributed by atoms with Gasteiger partial charge in [0.25, 0.3) is 15.9 Å². The fraction of sp³-hybridized carbons (Fsp3) is 0.0500. The molecule has 2 N–H and O–H groups in total. The number of carbonyl (C=O) groups excluding carboxylic acids is 1. The van der Waals surface area contributed by atoms with Crippen molar-refractivity contribution in [2.45, 2.75) is 4.90 Å². The first-order chi connectivity index (χ1) is 14.0. The highest BCUT2D eigenvalue weighted by molar-refractivity contribution is 7.93. The Morgan fingerprint density at radius 1 is 1.00 bits per heavy atom. The van der Waals surface area contributed by atoms with Gasteiger partial charge in [0, 0.05) is 34.6 Å². The summed E-state index contributed by atoms with van der Waals surface area (Å²) in [6.07, 6.45) is 1.55. The topological polar surface area (TPSA) is 106 Å². The first-order valence-corrected chi connectivity index (χ1v) is 10.3. The van der Waals surface area contributed by atoms with Gasteiger partial charge in [0.1, 0.15) is 6.33 Å². The van der Waals surface area contributed by atoms with E-state index in [4.69, 9.17) is 0 Å². The Bertz CT molecular complexity index is 1410. The van der Waals surface area contributed by atoms with Crippen molar-refractivity contribution >= 4 is 38.1 Å². The Labute approximate surface area is 166 Å². The molecule has 0 atom stereocenters. The van der Waals surface area contributed by atoms with Crippen molar-refractivity contribution in [2.24, 2.45) is 7.05 Å². The molecule has 5 rings (SSSR count). The van der Waals surface area contributed by atoms with E-state index in [0.29, 0.717) is 39.1 Å². The van der Waals surface area contributed by atoms with Gasteiger partial charge in [0.2, 0.25) is 0 Å². The number of para-hydroxylation sites is 1. The highest BCUT2D eigenvalue weighted by Gasteiger charge is 2.27. The summed E-state index contributed by atoms with van der Waals surface area (Å²) in [7, 11) is -2.15. The molecule has 0 aliphatic carbocycles. The molecule has 1 aliphatic rings. The molecule has 1 aliphatic heterocycles. The molecule has 4 aromatic rings. The second-order valence-corrected chi connectivity index (χ2v) is 8.36. The molecule has 0 spiro atoms. The van der Waals surface area contributed by atoms with Crippen LogP contribution in [0.15, 0.2) is 65.8 Å². The maximum Gasteiger partial charge on any atom is 0.262 e. The van der Waals surface area contributed by atoms with Crippen LogP contribution in [0.4, 0.5) is 11.4 Å². The number of hydrogen-bond acceptors (Lipinski definition) is 5. The number of nitrogens with one attached hydrogen (secondary N) is 2. The molecule has 0 unspecified atom stereocenters. The predicted molar refractivity (Wildman–Crippen MR) is 109 cm³/mol. The van der Waals surface area contributed by atoms with E-state index in [1.807, 2.05) is 0 Å². The van der Waals surface area contributed by atoms with Crippen molar-refractivity contribution in [1.29, 1.82) is 0 Å². The number of anilines is 2. The second kappa shape index (κ2) is 6.14. The van der Waals surface area contributed by atoms with E-state index in [1.165, 1.54) is 6.07 Å². The van der Waals surface area contributed by atoms with E-state index >= 15 is 0 Å². The molecule has 0 saturated carbocycles. The maximum atomic E-state index is 13.3. The Morgan fingerprint density at radius 2 is 1.79 bits per heavy atom. The van der Waals surface area contributed by atoms with E-state index in [9.17, 15) is 13.2 Å². The molecule has 0 radical (unpaired) electrons. The summed E-state index contributed by atoms with van der Waals surface area (Å²) >= 11 is 0. The zero-order valence-corrected chi connectivity index (χ0v) is 16.1. The number of aryl methyl sites for hydroxylation is 1. The van der Waals surface area contributed by atoms with Crippen molar-refractivity contribution < 1.29 is 13.2 Å². The van der Waals surface area contributed by atoms with Crippen molar-refractivity contribution in [2.75, 3.05) is 10.0 Å². The maximum absolute atomic E-state index is 13.3. The fourth-order valence-corrected chi connectivity index (χ4v) is 4.88. The quantitative estimate of drug-likeness (QED) is 0.543. The minimum absolute atomic E-state index is 0.0994. The van der Waals surface area contributed by atoms with Crippen LogP contribution in [0.3, 0.4) is 0 Å². The van der Waals surface area contributed by atoms with Gasteiger partial charge in [-0.2, -0.15) is 0 Å². The van der Waals surface area contributed by atoms with Crippen LogP contribution in [0.2, 0.25) is 0 Å². The number of amides is 1. The number of nitrogens with zero attached hydrogens (tertiary/aromatic N) is 3. The highest BCUT2D eigenvalue weighted by Crippen LogP contribution is 2.37. The van der Waals surface area contributed by atoms with E-state index in [2.05, 4.69) is 20.2 Å². The first kappa shape index (κ1) is 17.4. The molecule has 0 saturated heterocycles. The normalized spacial score (nSPS) is 12.9. The summed E-state index contributed by atoms with van der Waals surface area (Å²) in [6, 6.07) is 15.2. The lowest BCUT2D eigenvalue weighted by Crippen LogP contribution is -2.14. The average molecular weight is 405 g/mol. The summed E-state index contributed by atoms with van der Waals surface area (Å²) in [6.45, 7) is 0. The minimum Gasteiger partial charge on any atom is -0.321 e. The van der Waals surface area contributed by atoms with Crippen molar-refractivity contribution in [3.63, 3.8) is 0 Å². The molecule has 3 aromatic carbocycles. The standard InChI is InChI=1S/C20H15N5O3S/c1-25-11-21-23-19(25)12-5-2-3-8-15(12)24-29(27,28)17-10-9-16-18-13(17)6-4-7-14(18)20(26)22-16/h2-11,24H,1H3,(H,22,26). The third-order valence-corrected chi connectivity index (χ3v) is 6.33. The Balaban J connectivity index is 1.64. The van der Waals surface area contributed by atoms with E-state index in [0.717, 1.165) is 0 Å². The van der Waals surface area contributed by atoms with Crippen molar-refractivity contribution in [3.8, 4) is 11.4 Å². The number of carbonyl (C=O) groups is 1. The molecule has 8 nitrogen and oxygen atoms in total. The van der Waals surface area contributed by atoms with E-state index in [-0.39, 0.29) is 10.8 Å². The number of sulfonamides is 1. The van der Waals surface area contributed by atoms with Gasteiger partial charge in [0.05, 0.1) is 10.6 Å². The molecule has 1 amide bonds. The molecule has 0 bridgehead atoms. The van der Waals surface area contributed by atoms with Gasteiger partial charge in [-0.3, -0.25) is 9.52 Å². The summed E-state index contributed by atoms with van der Waals surface area (Å²) in [5, 5.41) is 11.8. The summed E-state index contributed by atoms with van der Waals surface area (Å²) in [5.41, 5.74) is 2.08. The van der Waals surface area contributed by atoms with Gasteiger partial charge in [-0.1, -0.05) is 24.3 Å². The lowest BCUT2D eigenvalue weighted by molar-refractivity contribution is 0.103. The molecule has 1 aromatic heterocycles. The van der Waals surface area contributed by atoms with Crippen LogP contribution in [-0.4, -0.2) is 29.1 Å². The third-order valence-electron chi connectivity index (χ3n) is 4.91. The monoisotopic (exact) mass is 405 g/mol. The van der Waals surface area contributed by atoms with Gasteiger partial charge in [-0.05, 0) is 30.3 Å². The van der Waals surface area contributed by atoms with E-state index < -0.39 is 10.0 Å². The van der Waals surface area contributed by atoms with Crippen LogP contribution in [0.1, 0.15) is 10.4 Å². The van der Waals surface area contributed by atoms with Crippen molar-refractivity contribution in [3.05, 3.63) is 66.5 Å². The van der Waals surface area contributed by atoms with Gasteiger partial charge in [0.15, 0.2) is 5.82 Å². The van der Waals surface area contributed by atoms with Gasteiger partial charge >= 0.3 is 0 Å². The third kappa shape index (κ3) is 2.66. The molecule has 2 heterocycles. The molecule has 0 fully saturated rings. The van der Waals surface area contributed by atoms with Crippen LogP contribution in [0, 0.1) is 0 Å². The summed E-state index contributed by atoms with van der Waals surface area (Å²) in [5.74, 6) is 0.305. The number of hydrogen-bond donors (Lipinski definition) is 2. The van der Waals surface area contributed by atoms with Gasteiger partial charge in [-0.15, -0.1) is 10.2 Å². The Morgan fingerprint density at radius 3 is 2.59 bits per heavy atom. The summed E-state index contributed by atoms with van der Waals surface area (Å²) in [4.78, 5) is 12.2. The zero-order chi connectivity index (χ0) is 20.2. The fourth-order valence-electron chi connectivity index (χ4n) is 3.59. The smallest absolute Gasteiger partial charge is 0.262 e. The first-order valence-electron chi connectivity index (χ1n) is 8.79. The van der Waals surface area contributed by atoms with E-state index in [1.54, 1.807) is 66.5 Å². The number of aromatic nitrogens is 3. The largest absolute Gasteiger partial charge is 0.321 e. The van der Waals surface area contributed by atoms with Gasteiger partial charge in [-0.25, -0.2) is 8.42 Å². The van der Waals surface area contributed by atoms with Gasteiger partial charge < -0.3 is 9.88 Å². The summed E-state index contributed by atoms with van der Waals surface area (Å²) < 4.78 is 31.0. The zero-order valence-electron chi connectivity index (χ0n) is 15.2. The Hall–Kier alpha value is -3.72. The Kier molecular flexibility index (Phi) is 3.68. The van der Waals surface area contributed by atoms with Crippen molar-refractivity contribution in [1.82, 2.24) is 14.8 Å². The van der Waals surface area contributed by atoms with Crippen LogP contribution in [0.5, 0.6) is 0 Å². The SMILES string of the molecule is Cn1cnnc1-c1ccccc1NS(=O)(=O)c1ccc2c3c(cccc13)C(=O)N2. The van der Waals surface area contributed by atoms with Crippen LogP contribution in [0.25, 0.3) is 22.2 Å². The minimum atomic E-state index is -3.94. The number of benzene rings is 3. The lowest BCUT2D eigenvalue weighted by Gasteiger charge is -2.14. The average Bonchev–Trinajstić information content (AvgIpc) is 3.27. The lowest BCUT2D eigenvalue weighted by atomic mass is 10.1. The number of rotatable bonds is 4. The van der Waals surface area contributed by atoms with Crippen LogP contribution in [-0.2, 0) is 17.1 Å². The molecular weight excluding hydrogens is 390 g/mol. The van der Waals surface area contributed by atoms with Crippen LogP contribution < -0.4 is 10.0 Å². The molecule has 9 heteroatoms. The molecular formula is C20H15N5O3S.